The van der Waals surface area contributed by atoms with Gasteiger partial charge < -0.3 is 10.5 Å². The van der Waals surface area contributed by atoms with E-state index < -0.39 is 4.92 Å². The number of non-ortho nitro benzene ring substituents is 1. The maximum absolute atomic E-state index is 10.6. The molecule has 0 heterocycles. The second kappa shape index (κ2) is 5.25. The summed E-state index contributed by atoms with van der Waals surface area (Å²) in [5.41, 5.74) is 6.80. The standard InChI is InChI=1S/C12H16N2O3/c13-11-5-2-6-12(11)17-8-9-3-1-4-10(7-9)14(15)16/h1,3-4,7,11-12H,2,5-6,8,13H2/t11-,12-/m0/s1. The monoisotopic (exact) mass is 236 g/mol. The molecule has 92 valence electrons. The van der Waals surface area contributed by atoms with E-state index in [9.17, 15) is 10.1 Å². The molecule has 0 spiro atoms. The van der Waals surface area contributed by atoms with Gasteiger partial charge in [0.2, 0.25) is 0 Å². The summed E-state index contributed by atoms with van der Waals surface area (Å²) in [6.07, 6.45) is 3.17. The summed E-state index contributed by atoms with van der Waals surface area (Å²) < 4.78 is 5.69. The molecule has 5 heteroatoms. The molecule has 0 aliphatic heterocycles. The fourth-order valence-corrected chi connectivity index (χ4v) is 2.12. The Hall–Kier alpha value is -1.46. The third kappa shape index (κ3) is 3.01. The molecular formula is C12H16N2O3. The van der Waals surface area contributed by atoms with Gasteiger partial charge >= 0.3 is 0 Å². The van der Waals surface area contributed by atoms with E-state index in [2.05, 4.69) is 0 Å². The topological polar surface area (TPSA) is 78.4 Å². The second-order valence-corrected chi connectivity index (χ2v) is 4.37. The first-order valence-corrected chi connectivity index (χ1v) is 5.77. The van der Waals surface area contributed by atoms with Crippen molar-refractivity contribution in [2.24, 2.45) is 5.73 Å². The highest BCUT2D eigenvalue weighted by molar-refractivity contribution is 5.33. The van der Waals surface area contributed by atoms with Crippen LogP contribution in [0.3, 0.4) is 0 Å². The summed E-state index contributed by atoms with van der Waals surface area (Å²) in [6, 6.07) is 6.62. The lowest BCUT2D eigenvalue weighted by Crippen LogP contribution is -2.31. The first kappa shape index (κ1) is 12.0. The van der Waals surface area contributed by atoms with Crippen molar-refractivity contribution in [3.63, 3.8) is 0 Å². The Kier molecular flexibility index (Phi) is 3.71. The van der Waals surface area contributed by atoms with Gasteiger partial charge in [-0.3, -0.25) is 10.1 Å². The van der Waals surface area contributed by atoms with Crippen molar-refractivity contribution in [3.05, 3.63) is 39.9 Å². The van der Waals surface area contributed by atoms with Crippen LogP contribution in [0, 0.1) is 10.1 Å². The van der Waals surface area contributed by atoms with E-state index >= 15 is 0 Å². The van der Waals surface area contributed by atoms with E-state index in [1.54, 1.807) is 12.1 Å². The van der Waals surface area contributed by atoms with Crippen molar-refractivity contribution in [2.75, 3.05) is 0 Å². The van der Waals surface area contributed by atoms with Crippen molar-refractivity contribution >= 4 is 5.69 Å². The molecule has 2 atom stereocenters. The number of benzene rings is 1. The van der Waals surface area contributed by atoms with Crippen LogP contribution in [-0.2, 0) is 11.3 Å². The van der Waals surface area contributed by atoms with Crippen LogP contribution < -0.4 is 5.73 Å². The zero-order valence-electron chi connectivity index (χ0n) is 9.54. The Morgan fingerprint density at radius 2 is 2.29 bits per heavy atom. The molecule has 1 aromatic rings. The van der Waals surface area contributed by atoms with E-state index in [0.717, 1.165) is 24.8 Å². The van der Waals surface area contributed by atoms with Gasteiger partial charge in [-0.05, 0) is 24.8 Å². The third-order valence-corrected chi connectivity index (χ3v) is 3.09. The normalized spacial score (nSPS) is 23.8. The van der Waals surface area contributed by atoms with Gasteiger partial charge in [-0.15, -0.1) is 0 Å². The summed E-state index contributed by atoms with van der Waals surface area (Å²) in [5.74, 6) is 0. The highest BCUT2D eigenvalue weighted by Crippen LogP contribution is 2.22. The molecule has 5 nitrogen and oxygen atoms in total. The van der Waals surface area contributed by atoms with Gasteiger partial charge in [-0.1, -0.05) is 12.1 Å². The Balaban J connectivity index is 1.94. The predicted octanol–water partition coefficient (Wildman–Crippen LogP) is 1.99. The van der Waals surface area contributed by atoms with Crippen LogP contribution in [-0.4, -0.2) is 17.1 Å². The molecule has 2 N–H and O–H groups in total. The van der Waals surface area contributed by atoms with Crippen molar-refractivity contribution in [2.45, 2.75) is 38.0 Å². The van der Waals surface area contributed by atoms with E-state index in [4.69, 9.17) is 10.5 Å². The van der Waals surface area contributed by atoms with Gasteiger partial charge in [-0.25, -0.2) is 0 Å². The van der Waals surface area contributed by atoms with E-state index in [1.165, 1.54) is 6.07 Å². The fraction of sp³-hybridized carbons (Fsp3) is 0.500. The SMILES string of the molecule is N[C@H]1CCC[C@@H]1OCc1cccc([N+](=O)[O-])c1. The molecule has 0 radical (unpaired) electrons. The van der Waals surface area contributed by atoms with Crippen LogP contribution in [0.5, 0.6) is 0 Å². The Bertz CT molecular complexity index is 408. The molecule has 0 unspecified atom stereocenters. The highest BCUT2D eigenvalue weighted by Gasteiger charge is 2.24. The van der Waals surface area contributed by atoms with Gasteiger partial charge in [0, 0.05) is 18.2 Å². The number of nitro groups is 1. The van der Waals surface area contributed by atoms with Crippen LogP contribution in [0.15, 0.2) is 24.3 Å². The molecule has 1 fully saturated rings. The lowest BCUT2D eigenvalue weighted by Gasteiger charge is -2.16. The van der Waals surface area contributed by atoms with Crippen LogP contribution in [0.2, 0.25) is 0 Å². The highest BCUT2D eigenvalue weighted by atomic mass is 16.6. The van der Waals surface area contributed by atoms with Crippen LogP contribution in [0.1, 0.15) is 24.8 Å². The number of ether oxygens (including phenoxy) is 1. The maximum atomic E-state index is 10.6. The molecule has 0 amide bonds. The van der Waals surface area contributed by atoms with Crippen molar-refractivity contribution in [1.29, 1.82) is 0 Å². The summed E-state index contributed by atoms with van der Waals surface area (Å²) >= 11 is 0. The van der Waals surface area contributed by atoms with E-state index in [-0.39, 0.29) is 17.8 Å². The number of nitrogens with zero attached hydrogens (tertiary/aromatic N) is 1. The van der Waals surface area contributed by atoms with Crippen LogP contribution in [0.4, 0.5) is 5.69 Å². The first-order chi connectivity index (χ1) is 8.16. The fourth-order valence-electron chi connectivity index (χ4n) is 2.12. The predicted molar refractivity (Wildman–Crippen MR) is 63.5 cm³/mol. The minimum absolute atomic E-state index is 0.0919. The Labute approximate surface area is 99.7 Å². The molecule has 17 heavy (non-hydrogen) atoms. The average Bonchev–Trinajstić information content (AvgIpc) is 2.72. The second-order valence-electron chi connectivity index (χ2n) is 4.37. The zero-order chi connectivity index (χ0) is 12.3. The minimum atomic E-state index is -0.398. The number of nitrogens with two attached hydrogens (primary N) is 1. The number of rotatable bonds is 4. The van der Waals surface area contributed by atoms with Crippen molar-refractivity contribution in [3.8, 4) is 0 Å². The molecule has 0 bridgehead atoms. The lowest BCUT2D eigenvalue weighted by atomic mass is 10.2. The van der Waals surface area contributed by atoms with Crippen molar-refractivity contribution < 1.29 is 9.66 Å². The van der Waals surface area contributed by atoms with Crippen LogP contribution in [0.25, 0.3) is 0 Å². The van der Waals surface area contributed by atoms with Gasteiger partial charge in [0.05, 0.1) is 17.6 Å². The van der Waals surface area contributed by atoms with E-state index in [1.807, 2.05) is 6.07 Å². The van der Waals surface area contributed by atoms with Crippen molar-refractivity contribution in [1.82, 2.24) is 0 Å². The summed E-state index contributed by atoms with van der Waals surface area (Å²) in [4.78, 5) is 10.2. The smallest absolute Gasteiger partial charge is 0.269 e. The summed E-state index contributed by atoms with van der Waals surface area (Å²) in [7, 11) is 0. The number of hydrogen-bond acceptors (Lipinski definition) is 4. The third-order valence-electron chi connectivity index (χ3n) is 3.09. The summed E-state index contributed by atoms with van der Waals surface area (Å²) in [5, 5.41) is 10.6. The molecule has 1 saturated carbocycles. The average molecular weight is 236 g/mol. The molecule has 0 aromatic heterocycles. The molecule has 2 rings (SSSR count). The molecule has 1 aliphatic carbocycles. The molecule has 1 aliphatic rings. The Morgan fingerprint density at radius 3 is 2.94 bits per heavy atom. The zero-order valence-corrected chi connectivity index (χ0v) is 9.54. The summed E-state index contributed by atoms with van der Waals surface area (Å²) in [6.45, 7) is 0.389. The quantitative estimate of drug-likeness (QED) is 0.640. The first-order valence-electron chi connectivity index (χ1n) is 5.77. The van der Waals surface area contributed by atoms with Crippen LogP contribution >= 0.6 is 0 Å². The number of hydrogen-bond donors (Lipinski definition) is 1. The molecule has 1 aromatic carbocycles. The number of nitro benzene ring substituents is 1. The molecule has 0 saturated heterocycles. The lowest BCUT2D eigenvalue weighted by molar-refractivity contribution is -0.385. The minimum Gasteiger partial charge on any atom is -0.372 e. The van der Waals surface area contributed by atoms with Gasteiger partial charge in [0.15, 0.2) is 0 Å². The Morgan fingerprint density at radius 1 is 1.47 bits per heavy atom. The largest absolute Gasteiger partial charge is 0.372 e. The van der Waals surface area contributed by atoms with Gasteiger partial charge in [0.1, 0.15) is 0 Å². The molecular weight excluding hydrogens is 220 g/mol. The van der Waals surface area contributed by atoms with E-state index in [0.29, 0.717) is 6.61 Å². The maximum Gasteiger partial charge on any atom is 0.269 e. The van der Waals surface area contributed by atoms with Gasteiger partial charge in [0.25, 0.3) is 5.69 Å². The van der Waals surface area contributed by atoms with Gasteiger partial charge in [-0.2, -0.15) is 0 Å².